The molecule has 1 saturated carbocycles. The largest absolute Gasteiger partial charge is 0.477 e. The van der Waals surface area contributed by atoms with Crippen molar-refractivity contribution in [3.8, 4) is 0 Å². The van der Waals surface area contributed by atoms with E-state index in [9.17, 15) is 34.5 Å². The van der Waals surface area contributed by atoms with Crippen LogP contribution < -0.4 is 10.3 Å². The molecule has 2 aromatic rings. The van der Waals surface area contributed by atoms with Gasteiger partial charge in [-0.15, -0.1) is 0 Å². The predicted molar refractivity (Wildman–Crippen MR) is 160 cm³/mol. The number of aliphatic hydroxyl groups excluding tert-OH is 1. The summed E-state index contributed by atoms with van der Waals surface area (Å²) in [5.74, 6) is -4.51. The molecule has 11 nitrogen and oxygen atoms in total. The zero-order valence-corrected chi connectivity index (χ0v) is 24.6. The molecular formula is C27H25FN4O7S3. The Morgan fingerprint density at radius 3 is 2.31 bits per heavy atom. The lowest BCUT2D eigenvalue weighted by Gasteiger charge is -2.43. The van der Waals surface area contributed by atoms with Crippen LogP contribution in [-0.2, 0) is 9.59 Å². The number of aliphatic hydroxyl groups is 1. The Kier molecular flexibility index (Phi) is 7.11. The number of nitrogens with zero attached hydrogens (tertiary/aromatic N) is 4. The molecule has 1 aliphatic carbocycles. The first-order valence-electron chi connectivity index (χ1n) is 13.3. The van der Waals surface area contributed by atoms with Gasteiger partial charge < -0.3 is 29.7 Å². The van der Waals surface area contributed by atoms with Gasteiger partial charge in [0.25, 0.3) is 0 Å². The maximum absolute atomic E-state index is 15.4. The fourth-order valence-electron chi connectivity index (χ4n) is 5.74. The minimum Gasteiger partial charge on any atom is -0.477 e. The van der Waals surface area contributed by atoms with Crippen LogP contribution in [0.5, 0.6) is 0 Å². The number of benzene rings is 1. The fraction of sp³-hybridized carbons (Fsp3) is 0.407. The molecule has 15 heteroatoms. The van der Waals surface area contributed by atoms with Crippen LogP contribution in [0.1, 0.15) is 36.2 Å². The average molecular weight is 633 g/mol. The van der Waals surface area contributed by atoms with Gasteiger partial charge in [0.05, 0.1) is 33.0 Å². The number of carboxylic acid groups (broad SMARTS) is 2. The fourth-order valence-corrected chi connectivity index (χ4v) is 8.01. The summed E-state index contributed by atoms with van der Waals surface area (Å²) in [7, 11) is 0. The third-order valence-corrected chi connectivity index (χ3v) is 10.6. The average Bonchev–Trinajstić information content (AvgIpc) is 3.73. The number of aliphatic carboxylic acids is 1. The number of aromatic nitrogens is 1. The highest BCUT2D eigenvalue weighted by Crippen LogP contribution is 2.51. The van der Waals surface area contributed by atoms with Gasteiger partial charge in [0.2, 0.25) is 11.3 Å². The van der Waals surface area contributed by atoms with Gasteiger partial charge in [0.15, 0.2) is 0 Å². The first kappa shape index (κ1) is 28.7. The minimum atomic E-state index is -1.35. The number of hydrogen-bond acceptors (Lipinski definition) is 9. The van der Waals surface area contributed by atoms with E-state index in [2.05, 4.69) is 0 Å². The van der Waals surface area contributed by atoms with Crippen LogP contribution in [0.3, 0.4) is 0 Å². The maximum Gasteiger partial charge on any atom is 0.353 e. The van der Waals surface area contributed by atoms with Crippen molar-refractivity contribution < 1.29 is 34.1 Å². The van der Waals surface area contributed by atoms with Crippen molar-refractivity contribution in [3.05, 3.63) is 50.5 Å². The van der Waals surface area contributed by atoms with Gasteiger partial charge in [0, 0.05) is 43.8 Å². The summed E-state index contributed by atoms with van der Waals surface area (Å²) in [5.41, 5.74) is -0.596. The molecule has 0 spiro atoms. The van der Waals surface area contributed by atoms with E-state index >= 15 is 4.39 Å². The molecule has 3 atom stereocenters. The molecule has 2 saturated heterocycles. The molecule has 3 N–H and O–H groups in total. The summed E-state index contributed by atoms with van der Waals surface area (Å²) >= 11 is 12.4. The van der Waals surface area contributed by atoms with Gasteiger partial charge in [0.1, 0.15) is 27.4 Å². The summed E-state index contributed by atoms with van der Waals surface area (Å²) in [6.07, 6.45) is 2.07. The molecule has 0 unspecified atom stereocenters. The third kappa shape index (κ3) is 4.49. The van der Waals surface area contributed by atoms with E-state index in [-0.39, 0.29) is 37.6 Å². The molecule has 220 valence electrons. The van der Waals surface area contributed by atoms with Crippen molar-refractivity contribution in [1.82, 2.24) is 14.4 Å². The molecule has 4 aliphatic rings. The number of thioether (sulfide) groups is 1. The van der Waals surface area contributed by atoms with Crippen LogP contribution in [0.25, 0.3) is 10.9 Å². The number of rotatable bonds is 7. The maximum atomic E-state index is 15.4. The minimum absolute atomic E-state index is 0.0193. The third-order valence-electron chi connectivity index (χ3n) is 8.08. The SMILES string of the molecule is C[C@@H](O)[C@@H]1C(=O)N2C(C(=O)O)=C(C(=S)C(=S)N3CCN(c4cc5c(cc4F)c(=O)c(C(=O)O)cn5C4CC4)CC3)S[C@H]12. The van der Waals surface area contributed by atoms with E-state index in [1.165, 1.54) is 13.1 Å². The number of thiocarbonyl (C=S) groups is 2. The van der Waals surface area contributed by atoms with Crippen molar-refractivity contribution in [1.29, 1.82) is 0 Å². The normalized spacial score (nSPS) is 22.7. The Labute approximate surface area is 253 Å². The monoisotopic (exact) mass is 632 g/mol. The van der Waals surface area contributed by atoms with Gasteiger partial charge in [-0.1, -0.05) is 36.2 Å². The van der Waals surface area contributed by atoms with Gasteiger partial charge in [-0.3, -0.25) is 14.5 Å². The van der Waals surface area contributed by atoms with Crippen LogP contribution in [0, 0.1) is 11.7 Å². The summed E-state index contributed by atoms with van der Waals surface area (Å²) in [4.78, 5) is 54.4. The Bertz CT molecular complexity index is 1690. The highest BCUT2D eigenvalue weighted by Gasteiger charge is 2.58. The molecule has 0 radical (unpaired) electrons. The second kappa shape index (κ2) is 10.4. The van der Waals surface area contributed by atoms with Crippen molar-refractivity contribution in [2.24, 2.45) is 5.92 Å². The molecular weight excluding hydrogens is 608 g/mol. The van der Waals surface area contributed by atoms with Crippen LogP contribution in [0.15, 0.2) is 33.7 Å². The molecule has 4 heterocycles. The number of carbonyl (C=O) groups excluding carboxylic acids is 1. The number of carboxylic acids is 2. The highest BCUT2D eigenvalue weighted by atomic mass is 32.2. The zero-order valence-electron chi connectivity index (χ0n) is 22.2. The first-order chi connectivity index (χ1) is 19.9. The molecule has 3 fully saturated rings. The molecule has 42 heavy (non-hydrogen) atoms. The van der Waals surface area contributed by atoms with Crippen LogP contribution >= 0.6 is 36.2 Å². The number of amides is 1. The summed E-state index contributed by atoms with van der Waals surface area (Å²) in [6, 6.07) is 2.75. The van der Waals surface area contributed by atoms with Gasteiger partial charge >= 0.3 is 11.9 Å². The van der Waals surface area contributed by atoms with Crippen molar-refractivity contribution in [3.63, 3.8) is 0 Å². The Morgan fingerprint density at radius 2 is 1.74 bits per heavy atom. The number of anilines is 1. The van der Waals surface area contributed by atoms with E-state index in [0.717, 1.165) is 35.6 Å². The Hall–Kier alpha value is -3.40. The Morgan fingerprint density at radius 1 is 1.07 bits per heavy atom. The summed E-state index contributed by atoms with van der Waals surface area (Å²) in [6.45, 7) is 2.89. The summed E-state index contributed by atoms with van der Waals surface area (Å²) in [5, 5.41) is 28.7. The molecule has 3 aliphatic heterocycles. The number of β-lactam (4-membered cyclic amide) rings is 1. The molecule has 6 rings (SSSR count). The molecule has 1 aromatic heterocycles. The van der Waals surface area contributed by atoms with Crippen LogP contribution in [0.2, 0.25) is 0 Å². The lowest BCUT2D eigenvalue weighted by Crippen LogP contribution is -2.60. The second-order valence-corrected chi connectivity index (χ2v) is 12.6. The zero-order chi connectivity index (χ0) is 30.2. The molecule has 1 aromatic carbocycles. The lowest BCUT2D eigenvalue weighted by atomic mass is 9.92. The molecule has 0 bridgehead atoms. The second-order valence-electron chi connectivity index (χ2n) is 10.7. The van der Waals surface area contributed by atoms with E-state index in [1.54, 1.807) is 10.6 Å². The van der Waals surface area contributed by atoms with E-state index in [1.807, 2.05) is 9.80 Å². The van der Waals surface area contributed by atoms with Crippen molar-refractivity contribution >= 4 is 80.5 Å². The van der Waals surface area contributed by atoms with Crippen molar-refractivity contribution in [2.45, 2.75) is 37.3 Å². The predicted octanol–water partition coefficient (Wildman–Crippen LogP) is 2.20. The number of pyridine rings is 1. The Balaban J connectivity index is 1.21. The van der Waals surface area contributed by atoms with Gasteiger partial charge in [-0.05, 0) is 31.9 Å². The van der Waals surface area contributed by atoms with Crippen LogP contribution in [0.4, 0.5) is 10.1 Å². The van der Waals surface area contributed by atoms with E-state index in [0.29, 0.717) is 31.7 Å². The van der Waals surface area contributed by atoms with Crippen LogP contribution in [-0.4, -0.2) is 95.0 Å². The number of fused-ring (bicyclic) bond motifs is 2. The standard InChI is InChI=1S/C27H25FN4O7S3/c1-11(33)18-23(35)32-19(27(38)39)22(42-25(18)32)21(40)24(41)30-6-4-29(5-7-30)17-9-16-13(8-15(17)28)20(34)14(26(36)37)10-31(16)12-2-3-12/h8-12,18,25,33H,2-7H2,1H3,(H,36,37)(H,38,39)/t11-,18-,25-/m1/s1. The van der Waals surface area contributed by atoms with Gasteiger partial charge in [-0.25, -0.2) is 14.0 Å². The van der Waals surface area contributed by atoms with Gasteiger partial charge in [-0.2, -0.15) is 0 Å². The lowest BCUT2D eigenvalue weighted by molar-refractivity contribution is -0.156. The number of hydrogen-bond donors (Lipinski definition) is 3. The highest BCUT2D eigenvalue weighted by molar-refractivity contribution is 8.07. The first-order valence-corrected chi connectivity index (χ1v) is 15.0. The van der Waals surface area contributed by atoms with E-state index in [4.69, 9.17) is 24.4 Å². The number of carbonyl (C=O) groups is 3. The molecule has 1 amide bonds. The number of halogens is 1. The smallest absolute Gasteiger partial charge is 0.353 e. The van der Waals surface area contributed by atoms with E-state index < -0.39 is 52.1 Å². The topological polar surface area (TPSA) is 144 Å². The van der Waals surface area contributed by atoms with Crippen molar-refractivity contribution in [2.75, 3.05) is 31.1 Å². The quantitative estimate of drug-likeness (QED) is 0.304. The number of piperazine rings is 1. The number of aromatic carboxylic acids is 1. The summed E-state index contributed by atoms with van der Waals surface area (Å²) < 4.78 is 17.1.